The molecule has 0 radical (unpaired) electrons. The maximum Gasteiger partial charge on any atom is 0.237 e. The van der Waals surface area contributed by atoms with Crippen LogP contribution in [-0.2, 0) is 9.53 Å². The lowest BCUT2D eigenvalue weighted by molar-refractivity contribution is -0.124. The third-order valence-corrected chi connectivity index (χ3v) is 4.10. The fourth-order valence-corrected chi connectivity index (χ4v) is 2.57. The maximum atomic E-state index is 12.9. The average Bonchev–Trinajstić information content (AvgIpc) is 2.53. The second-order valence-corrected chi connectivity index (χ2v) is 5.67. The Morgan fingerprint density at radius 1 is 1.38 bits per heavy atom. The van der Waals surface area contributed by atoms with Gasteiger partial charge in [-0.25, -0.2) is 4.39 Å². The number of carbonyl (C=O) groups excluding carboxylic acids is 1. The minimum Gasteiger partial charge on any atom is -0.381 e. The van der Waals surface area contributed by atoms with Gasteiger partial charge in [0.05, 0.1) is 6.04 Å². The van der Waals surface area contributed by atoms with Gasteiger partial charge in [-0.05, 0) is 42.4 Å². The molecule has 1 aromatic carbocycles. The van der Waals surface area contributed by atoms with E-state index in [0.29, 0.717) is 19.8 Å². The van der Waals surface area contributed by atoms with Crippen LogP contribution in [0, 0.1) is 11.7 Å². The highest BCUT2D eigenvalue weighted by molar-refractivity contribution is 5.81. The SMILES string of the molecule is CC(CNC(=O)C(N)C1CCOCC1)c1ccc(F)cc1. The Morgan fingerprint density at radius 3 is 2.62 bits per heavy atom. The molecule has 5 heteroatoms. The number of rotatable bonds is 5. The summed E-state index contributed by atoms with van der Waals surface area (Å²) in [7, 11) is 0. The first-order chi connectivity index (χ1) is 10.1. The van der Waals surface area contributed by atoms with E-state index >= 15 is 0 Å². The molecule has 2 unspecified atom stereocenters. The average molecular weight is 294 g/mol. The van der Waals surface area contributed by atoms with Crippen molar-refractivity contribution in [1.29, 1.82) is 0 Å². The highest BCUT2D eigenvalue weighted by atomic mass is 19.1. The molecule has 116 valence electrons. The van der Waals surface area contributed by atoms with E-state index in [2.05, 4.69) is 5.32 Å². The summed E-state index contributed by atoms with van der Waals surface area (Å²) in [5, 5.41) is 2.89. The van der Waals surface area contributed by atoms with Crippen LogP contribution in [-0.4, -0.2) is 31.7 Å². The first kappa shape index (κ1) is 15.9. The van der Waals surface area contributed by atoms with Crippen molar-refractivity contribution in [3.8, 4) is 0 Å². The molecule has 21 heavy (non-hydrogen) atoms. The minimum atomic E-state index is -0.477. The zero-order valence-electron chi connectivity index (χ0n) is 12.3. The van der Waals surface area contributed by atoms with Crippen LogP contribution in [0.4, 0.5) is 4.39 Å². The van der Waals surface area contributed by atoms with Crippen LogP contribution in [0.15, 0.2) is 24.3 Å². The van der Waals surface area contributed by atoms with Crippen LogP contribution >= 0.6 is 0 Å². The first-order valence-corrected chi connectivity index (χ1v) is 7.44. The lowest BCUT2D eigenvalue weighted by atomic mass is 9.91. The van der Waals surface area contributed by atoms with E-state index in [1.165, 1.54) is 12.1 Å². The summed E-state index contributed by atoms with van der Waals surface area (Å²) in [6, 6.07) is 5.87. The Bertz CT molecular complexity index is 458. The molecule has 1 fully saturated rings. The molecule has 1 amide bonds. The second-order valence-electron chi connectivity index (χ2n) is 5.67. The van der Waals surface area contributed by atoms with Gasteiger partial charge in [-0.1, -0.05) is 19.1 Å². The van der Waals surface area contributed by atoms with Crippen LogP contribution in [0.1, 0.15) is 31.2 Å². The van der Waals surface area contributed by atoms with Crippen molar-refractivity contribution in [2.75, 3.05) is 19.8 Å². The first-order valence-electron chi connectivity index (χ1n) is 7.44. The van der Waals surface area contributed by atoms with E-state index in [0.717, 1.165) is 18.4 Å². The van der Waals surface area contributed by atoms with Crippen LogP contribution in [0.25, 0.3) is 0 Å². The standard InChI is InChI=1S/C16H23FN2O2/c1-11(12-2-4-14(17)5-3-12)10-19-16(20)15(18)13-6-8-21-9-7-13/h2-5,11,13,15H,6-10,18H2,1H3,(H,19,20). The number of carbonyl (C=O) groups is 1. The molecule has 3 N–H and O–H groups in total. The van der Waals surface area contributed by atoms with Gasteiger partial charge in [0.1, 0.15) is 5.82 Å². The van der Waals surface area contributed by atoms with Crippen LogP contribution in [0.2, 0.25) is 0 Å². The summed E-state index contributed by atoms with van der Waals surface area (Å²) in [5.74, 6) is -0.0521. The zero-order chi connectivity index (χ0) is 15.2. The number of amides is 1. The summed E-state index contributed by atoms with van der Waals surface area (Å²) < 4.78 is 18.2. The quantitative estimate of drug-likeness (QED) is 0.870. The number of halogens is 1. The molecule has 0 saturated carbocycles. The third kappa shape index (κ3) is 4.51. The van der Waals surface area contributed by atoms with E-state index in [9.17, 15) is 9.18 Å². The number of nitrogens with one attached hydrogen (secondary N) is 1. The maximum absolute atomic E-state index is 12.9. The highest BCUT2D eigenvalue weighted by Crippen LogP contribution is 2.18. The molecule has 1 heterocycles. The number of benzene rings is 1. The number of ether oxygens (including phenoxy) is 1. The molecule has 1 aromatic rings. The fourth-order valence-electron chi connectivity index (χ4n) is 2.57. The number of hydrogen-bond acceptors (Lipinski definition) is 3. The third-order valence-electron chi connectivity index (χ3n) is 4.10. The predicted molar refractivity (Wildman–Crippen MR) is 79.3 cm³/mol. The van der Waals surface area contributed by atoms with Gasteiger partial charge in [0, 0.05) is 19.8 Å². The summed E-state index contributed by atoms with van der Waals surface area (Å²) in [6.07, 6.45) is 1.67. The molecule has 0 aliphatic carbocycles. The van der Waals surface area contributed by atoms with Crippen molar-refractivity contribution in [3.05, 3.63) is 35.6 Å². The minimum absolute atomic E-state index is 0.115. The summed E-state index contributed by atoms with van der Waals surface area (Å²) >= 11 is 0. The second kappa shape index (κ2) is 7.52. The number of nitrogens with two attached hydrogens (primary N) is 1. The van der Waals surface area contributed by atoms with Gasteiger partial charge < -0.3 is 15.8 Å². The molecule has 0 spiro atoms. The van der Waals surface area contributed by atoms with Crippen molar-refractivity contribution in [2.24, 2.45) is 11.7 Å². The van der Waals surface area contributed by atoms with E-state index in [1.54, 1.807) is 12.1 Å². The molecule has 4 nitrogen and oxygen atoms in total. The van der Waals surface area contributed by atoms with Crippen molar-refractivity contribution < 1.29 is 13.9 Å². The summed E-state index contributed by atoms with van der Waals surface area (Å²) in [6.45, 7) is 3.85. The lowest BCUT2D eigenvalue weighted by Gasteiger charge is -2.27. The molecule has 0 aromatic heterocycles. The Hall–Kier alpha value is -1.46. The van der Waals surface area contributed by atoms with Gasteiger partial charge in [-0.2, -0.15) is 0 Å². The molecular weight excluding hydrogens is 271 g/mol. The number of hydrogen-bond donors (Lipinski definition) is 2. The summed E-state index contributed by atoms with van der Waals surface area (Å²) in [4.78, 5) is 12.1. The van der Waals surface area contributed by atoms with Crippen LogP contribution < -0.4 is 11.1 Å². The van der Waals surface area contributed by atoms with Crippen molar-refractivity contribution in [1.82, 2.24) is 5.32 Å². The van der Waals surface area contributed by atoms with E-state index in [4.69, 9.17) is 10.5 Å². The largest absolute Gasteiger partial charge is 0.381 e. The molecule has 0 bridgehead atoms. The Balaban J connectivity index is 1.81. The van der Waals surface area contributed by atoms with Crippen molar-refractivity contribution >= 4 is 5.91 Å². The van der Waals surface area contributed by atoms with Crippen molar-refractivity contribution in [2.45, 2.75) is 31.7 Å². The molecule has 1 aliphatic heterocycles. The molecular formula is C16H23FN2O2. The Kier molecular flexibility index (Phi) is 5.70. The Morgan fingerprint density at radius 2 is 2.00 bits per heavy atom. The fraction of sp³-hybridized carbons (Fsp3) is 0.562. The van der Waals surface area contributed by atoms with Gasteiger partial charge in [0.25, 0.3) is 0 Å². The normalized spacial score (nSPS) is 19.0. The predicted octanol–water partition coefficient (Wildman–Crippen LogP) is 1.80. The lowest BCUT2D eigenvalue weighted by Crippen LogP contribution is -2.47. The monoisotopic (exact) mass is 294 g/mol. The van der Waals surface area contributed by atoms with E-state index in [-0.39, 0.29) is 23.6 Å². The smallest absolute Gasteiger partial charge is 0.237 e. The molecule has 2 atom stereocenters. The van der Waals surface area contributed by atoms with E-state index in [1.807, 2.05) is 6.92 Å². The van der Waals surface area contributed by atoms with E-state index < -0.39 is 6.04 Å². The highest BCUT2D eigenvalue weighted by Gasteiger charge is 2.26. The van der Waals surface area contributed by atoms with Gasteiger partial charge in [-0.3, -0.25) is 4.79 Å². The Labute approximate surface area is 124 Å². The zero-order valence-corrected chi connectivity index (χ0v) is 12.3. The van der Waals surface area contributed by atoms with Gasteiger partial charge in [0.2, 0.25) is 5.91 Å². The van der Waals surface area contributed by atoms with Gasteiger partial charge in [-0.15, -0.1) is 0 Å². The summed E-state index contributed by atoms with van der Waals surface area (Å²) in [5.41, 5.74) is 7.02. The molecule has 1 aliphatic rings. The van der Waals surface area contributed by atoms with Gasteiger partial charge in [0.15, 0.2) is 0 Å². The van der Waals surface area contributed by atoms with Crippen molar-refractivity contribution in [3.63, 3.8) is 0 Å². The molecule has 2 rings (SSSR count). The van der Waals surface area contributed by atoms with Crippen LogP contribution in [0.3, 0.4) is 0 Å². The topological polar surface area (TPSA) is 64.4 Å². The van der Waals surface area contributed by atoms with Gasteiger partial charge >= 0.3 is 0 Å². The molecule has 1 saturated heterocycles. The van der Waals surface area contributed by atoms with Crippen LogP contribution in [0.5, 0.6) is 0 Å².